The van der Waals surface area contributed by atoms with E-state index in [1.165, 1.54) is 11.1 Å². The zero-order valence-corrected chi connectivity index (χ0v) is 18.9. The minimum absolute atomic E-state index is 0.0151. The highest BCUT2D eigenvalue weighted by atomic mass is 16.5. The van der Waals surface area contributed by atoms with E-state index in [2.05, 4.69) is 72.5 Å². The van der Waals surface area contributed by atoms with E-state index in [0.29, 0.717) is 5.69 Å². The first-order valence-corrected chi connectivity index (χ1v) is 11.7. The van der Waals surface area contributed by atoms with Gasteiger partial charge in [-0.3, -0.25) is 0 Å². The molecule has 4 rings (SSSR count). The third-order valence-corrected chi connectivity index (χ3v) is 6.17. The Bertz CT molecular complexity index is 900. The standard InChI is InChI=1S/C28H34N2O2/c1-22(31-27-15-9-8-14-26(27)29)16-19-30-20-17-25(18-21-30)32-28(23-10-4-2-5-11-23)24-12-6-3-7-13-24/h2-15,22,25,28H,16-21,29H2,1H3. The summed E-state index contributed by atoms with van der Waals surface area (Å²) in [5, 5.41) is 0. The molecule has 0 aliphatic carbocycles. The van der Waals surface area contributed by atoms with E-state index in [1.807, 2.05) is 24.3 Å². The monoisotopic (exact) mass is 430 g/mol. The Labute approximate surface area is 192 Å². The van der Waals surface area contributed by atoms with Crippen molar-refractivity contribution in [2.75, 3.05) is 25.4 Å². The van der Waals surface area contributed by atoms with Gasteiger partial charge < -0.3 is 20.1 Å². The van der Waals surface area contributed by atoms with Crippen molar-refractivity contribution < 1.29 is 9.47 Å². The van der Waals surface area contributed by atoms with Gasteiger partial charge in [-0.05, 0) is 49.4 Å². The molecule has 0 aromatic heterocycles. The summed E-state index contributed by atoms with van der Waals surface area (Å²) in [7, 11) is 0. The SMILES string of the molecule is CC(CCN1CCC(OC(c2ccccc2)c2ccccc2)CC1)Oc1ccccc1N. The fraction of sp³-hybridized carbons (Fsp3) is 0.357. The summed E-state index contributed by atoms with van der Waals surface area (Å²) in [6.07, 6.45) is 3.48. The predicted octanol–water partition coefficient (Wildman–Crippen LogP) is 5.70. The Morgan fingerprint density at radius 3 is 2.00 bits per heavy atom. The molecular formula is C28H34N2O2. The van der Waals surface area contributed by atoms with E-state index in [0.717, 1.165) is 44.6 Å². The molecule has 0 radical (unpaired) electrons. The van der Waals surface area contributed by atoms with Gasteiger partial charge in [0, 0.05) is 19.6 Å². The van der Waals surface area contributed by atoms with Crippen molar-refractivity contribution in [3.63, 3.8) is 0 Å². The predicted molar refractivity (Wildman–Crippen MR) is 131 cm³/mol. The van der Waals surface area contributed by atoms with Gasteiger partial charge in [0.25, 0.3) is 0 Å². The topological polar surface area (TPSA) is 47.7 Å². The van der Waals surface area contributed by atoms with E-state index in [9.17, 15) is 0 Å². The molecule has 168 valence electrons. The maximum absolute atomic E-state index is 6.66. The normalized spacial score (nSPS) is 16.2. The minimum atomic E-state index is -0.0151. The lowest BCUT2D eigenvalue weighted by atomic mass is 10.00. The Balaban J connectivity index is 1.27. The first-order valence-electron chi connectivity index (χ1n) is 11.7. The fourth-order valence-corrected chi connectivity index (χ4v) is 4.29. The minimum Gasteiger partial charge on any atom is -0.489 e. The summed E-state index contributed by atoms with van der Waals surface area (Å²) in [4.78, 5) is 2.52. The smallest absolute Gasteiger partial charge is 0.142 e. The number of piperidine rings is 1. The van der Waals surface area contributed by atoms with E-state index in [4.69, 9.17) is 15.2 Å². The molecule has 1 aliphatic heterocycles. The highest BCUT2D eigenvalue weighted by molar-refractivity contribution is 5.51. The molecule has 0 amide bonds. The van der Waals surface area contributed by atoms with Crippen LogP contribution >= 0.6 is 0 Å². The van der Waals surface area contributed by atoms with Crippen molar-refractivity contribution in [3.05, 3.63) is 96.1 Å². The Morgan fingerprint density at radius 1 is 0.844 bits per heavy atom. The van der Waals surface area contributed by atoms with Crippen LogP contribution in [-0.4, -0.2) is 36.7 Å². The summed E-state index contributed by atoms with van der Waals surface area (Å²) in [5.41, 5.74) is 9.13. The molecule has 1 unspecified atom stereocenters. The zero-order valence-electron chi connectivity index (χ0n) is 18.9. The number of ether oxygens (including phenoxy) is 2. The Morgan fingerprint density at radius 2 is 1.41 bits per heavy atom. The number of nitrogens with two attached hydrogens (primary N) is 1. The van der Waals surface area contributed by atoms with Crippen LogP contribution < -0.4 is 10.5 Å². The van der Waals surface area contributed by atoms with Crippen LogP contribution in [0.2, 0.25) is 0 Å². The second kappa shape index (κ2) is 11.2. The lowest BCUT2D eigenvalue weighted by Gasteiger charge is -2.34. The van der Waals surface area contributed by atoms with Crippen molar-refractivity contribution in [2.45, 2.75) is 44.5 Å². The second-order valence-corrected chi connectivity index (χ2v) is 8.63. The molecule has 0 bridgehead atoms. The zero-order chi connectivity index (χ0) is 22.2. The molecule has 1 aliphatic rings. The van der Waals surface area contributed by atoms with Gasteiger partial charge in [0.1, 0.15) is 11.9 Å². The molecule has 4 heteroatoms. The molecular weight excluding hydrogens is 396 g/mol. The van der Waals surface area contributed by atoms with Crippen molar-refractivity contribution >= 4 is 5.69 Å². The van der Waals surface area contributed by atoms with E-state index in [1.54, 1.807) is 0 Å². The maximum Gasteiger partial charge on any atom is 0.142 e. The molecule has 1 fully saturated rings. The summed E-state index contributed by atoms with van der Waals surface area (Å²) in [5.74, 6) is 0.778. The van der Waals surface area contributed by atoms with Crippen LogP contribution in [0.3, 0.4) is 0 Å². The number of nitrogens with zero attached hydrogens (tertiary/aromatic N) is 1. The molecule has 2 N–H and O–H groups in total. The molecule has 0 saturated carbocycles. The highest BCUT2D eigenvalue weighted by Gasteiger charge is 2.25. The van der Waals surface area contributed by atoms with Gasteiger partial charge in [-0.15, -0.1) is 0 Å². The molecule has 1 atom stereocenters. The molecule has 0 spiro atoms. The number of anilines is 1. The van der Waals surface area contributed by atoms with Crippen molar-refractivity contribution in [3.8, 4) is 5.75 Å². The van der Waals surface area contributed by atoms with Gasteiger partial charge >= 0.3 is 0 Å². The van der Waals surface area contributed by atoms with Gasteiger partial charge in [-0.2, -0.15) is 0 Å². The van der Waals surface area contributed by atoms with Crippen LogP contribution in [-0.2, 0) is 4.74 Å². The van der Waals surface area contributed by atoms with Crippen LogP contribution in [0, 0.1) is 0 Å². The summed E-state index contributed by atoms with van der Waals surface area (Å²) >= 11 is 0. The van der Waals surface area contributed by atoms with E-state index in [-0.39, 0.29) is 18.3 Å². The van der Waals surface area contributed by atoms with Gasteiger partial charge in [-0.25, -0.2) is 0 Å². The van der Waals surface area contributed by atoms with Gasteiger partial charge in [-0.1, -0.05) is 72.8 Å². The quantitative estimate of drug-likeness (QED) is 0.443. The number of para-hydroxylation sites is 2. The van der Waals surface area contributed by atoms with Crippen LogP contribution in [0.4, 0.5) is 5.69 Å². The summed E-state index contributed by atoms with van der Waals surface area (Å²) in [6, 6.07) is 28.8. The number of hydrogen-bond donors (Lipinski definition) is 1. The van der Waals surface area contributed by atoms with Crippen LogP contribution in [0.5, 0.6) is 5.75 Å². The number of likely N-dealkylation sites (tertiary alicyclic amines) is 1. The second-order valence-electron chi connectivity index (χ2n) is 8.63. The van der Waals surface area contributed by atoms with E-state index < -0.39 is 0 Å². The molecule has 1 saturated heterocycles. The molecule has 3 aromatic rings. The van der Waals surface area contributed by atoms with Crippen molar-refractivity contribution in [1.82, 2.24) is 4.90 Å². The maximum atomic E-state index is 6.66. The van der Waals surface area contributed by atoms with Crippen LogP contribution in [0.1, 0.15) is 43.4 Å². The Hall–Kier alpha value is -2.82. The number of rotatable bonds is 9. The average Bonchev–Trinajstić information content (AvgIpc) is 2.84. The lowest BCUT2D eigenvalue weighted by Crippen LogP contribution is -2.39. The number of hydrogen-bond acceptors (Lipinski definition) is 4. The summed E-state index contributed by atoms with van der Waals surface area (Å²) < 4.78 is 12.7. The Kier molecular flexibility index (Phi) is 7.81. The molecule has 3 aromatic carbocycles. The van der Waals surface area contributed by atoms with Gasteiger partial charge in [0.2, 0.25) is 0 Å². The average molecular weight is 431 g/mol. The molecule has 4 nitrogen and oxygen atoms in total. The molecule has 32 heavy (non-hydrogen) atoms. The third-order valence-electron chi connectivity index (χ3n) is 6.17. The van der Waals surface area contributed by atoms with Crippen molar-refractivity contribution in [2.24, 2.45) is 0 Å². The van der Waals surface area contributed by atoms with Crippen LogP contribution in [0.25, 0.3) is 0 Å². The molecule has 1 heterocycles. The van der Waals surface area contributed by atoms with Crippen molar-refractivity contribution in [1.29, 1.82) is 0 Å². The first kappa shape index (κ1) is 22.4. The lowest BCUT2D eigenvalue weighted by molar-refractivity contribution is -0.0279. The third kappa shape index (κ3) is 6.12. The summed E-state index contributed by atoms with van der Waals surface area (Å²) in [6.45, 7) is 5.26. The number of benzene rings is 3. The number of nitrogen functional groups attached to an aromatic ring is 1. The highest BCUT2D eigenvalue weighted by Crippen LogP contribution is 2.30. The van der Waals surface area contributed by atoms with Gasteiger partial charge in [0.05, 0.1) is 17.9 Å². The fourth-order valence-electron chi connectivity index (χ4n) is 4.29. The first-order chi connectivity index (χ1) is 15.7. The van der Waals surface area contributed by atoms with E-state index >= 15 is 0 Å². The van der Waals surface area contributed by atoms with Crippen LogP contribution in [0.15, 0.2) is 84.9 Å². The largest absolute Gasteiger partial charge is 0.489 e. The van der Waals surface area contributed by atoms with Gasteiger partial charge in [0.15, 0.2) is 0 Å².